The molecule has 0 heterocycles. The molecule has 12 heavy (non-hydrogen) atoms. The summed E-state index contributed by atoms with van der Waals surface area (Å²) in [5.74, 6) is 0.175. The second kappa shape index (κ2) is 4.04. The number of aliphatic imine (C=N–C) groups is 1. The van der Waals surface area contributed by atoms with Crippen LogP contribution in [0.5, 0.6) is 5.75 Å². The fraction of sp³-hybridized carbons (Fsp3) is 0.125. The van der Waals surface area contributed by atoms with E-state index >= 15 is 0 Å². The van der Waals surface area contributed by atoms with Crippen molar-refractivity contribution in [2.75, 3.05) is 0 Å². The van der Waals surface area contributed by atoms with E-state index in [1.54, 1.807) is 18.2 Å². The van der Waals surface area contributed by atoms with Gasteiger partial charge in [-0.25, -0.2) is 9.79 Å². The van der Waals surface area contributed by atoms with Crippen molar-refractivity contribution in [1.29, 1.82) is 0 Å². The second-order valence-electron chi connectivity index (χ2n) is 2.19. The minimum Gasteiger partial charge on any atom is -0.507 e. The van der Waals surface area contributed by atoms with Gasteiger partial charge in [-0.3, -0.25) is 0 Å². The molecular weight excluding hydrogens is 222 g/mol. The van der Waals surface area contributed by atoms with E-state index < -0.39 is 0 Å². The van der Waals surface area contributed by atoms with E-state index in [1.807, 2.05) is 0 Å². The number of halogens is 1. The lowest BCUT2D eigenvalue weighted by Crippen LogP contribution is -1.80. The molecule has 1 aromatic rings. The number of aromatic hydroxyl groups is 1. The van der Waals surface area contributed by atoms with E-state index in [-0.39, 0.29) is 5.75 Å². The van der Waals surface area contributed by atoms with E-state index in [0.717, 1.165) is 5.56 Å². The molecule has 1 aromatic carbocycles. The highest BCUT2D eigenvalue weighted by Crippen LogP contribution is 2.24. The quantitative estimate of drug-likeness (QED) is 0.621. The highest BCUT2D eigenvalue weighted by molar-refractivity contribution is 9.10. The summed E-state index contributed by atoms with van der Waals surface area (Å²) in [5, 5.41) is 9.11. The smallest absolute Gasteiger partial charge is 0.235 e. The molecule has 0 atom stereocenters. The number of rotatable bonds is 2. The van der Waals surface area contributed by atoms with Gasteiger partial charge in [0.15, 0.2) is 0 Å². The first-order chi connectivity index (χ1) is 5.74. The molecule has 0 aliphatic heterocycles. The molecule has 0 spiro atoms. The van der Waals surface area contributed by atoms with Gasteiger partial charge in [0.25, 0.3) is 0 Å². The third kappa shape index (κ3) is 2.19. The highest BCUT2D eigenvalue weighted by atomic mass is 79.9. The van der Waals surface area contributed by atoms with E-state index in [9.17, 15) is 4.79 Å². The van der Waals surface area contributed by atoms with Crippen LogP contribution < -0.4 is 0 Å². The molecule has 0 aliphatic rings. The van der Waals surface area contributed by atoms with Crippen LogP contribution in [0.4, 0.5) is 0 Å². The largest absolute Gasteiger partial charge is 0.507 e. The molecule has 0 saturated carbocycles. The second-order valence-corrected chi connectivity index (χ2v) is 3.05. The lowest BCUT2D eigenvalue weighted by atomic mass is 10.2. The Kier molecular flexibility index (Phi) is 3.02. The molecule has 3 nitrogen and oxygen atoms in total. The van der Waals surface area contributed by atoms with Gasteiger partial charge >= 0.3 is 0 Å². The van der Waals surface area contributed by atoms with Gasteiger partial charge in [-0.1, -0.05) is 6.07 Å². The number of hydrogen-bond donors (Lipinski definition) is 1. The van der Waals surface area contributed by atoms with Crippen LogP contribution in [0.2, 0.25) is 0 Å². The molecule has 0 saturated heterocycles. The lowest BCUT2D eigenvalue weighted by Gasteiger charge is -1.98. The van der Waals surface area contributed by atoms with Crippen molar-refractivity contribution in [2.45, 2.75) is 6.54 Å². The van der Waals surface area contributed by atoms with Crippen molar-refractivity contribution >= 4 is 22.0 Å². The zero-order chi connectivity index (χ0) is 8.97. The molecule has 0 aromatic heterocycles. The lowest BCUT2D eigenvalue weighted by molar-refractivity contribution is 0.471. The van der Waals surface area contributed by atoms with Crippen LogP contribution in [-0.2, 0) is 11.3 Å². The Morgan fingerprint density at radius 3 is 2.92 bits per heavy atom. The summed E-state index contributed by atoms with van der Waals surface area (Å²) in [6.07, 6.45) is 1.45. The minimum atomic E-state index is 0.175. The van der Waals surface area contributed by atoms with E-state index in [0.29, 0.717) is 11.0 Å². The Morgan fingerprint density at radius 2 is 2.33 bits per heavy atom. The van der Waals surface area contributed by atoms with Gasteiger partial charge in [-0.15, -0.1) is 0 Å². The summed E-state index contributed by atoms with van der Waals surface area (Å²) in [6.45, 7) is 0.294. The van der Waals surface area contributed by atoms with Gasteiger partial charge in [-0.05, 0) is 33.6 Å². The maximum atomic E-state index is 9.78. The molecular formula is C8H6BrNO2. The van der Waals surface area contributed by atoms with E-state index in [2.05, 4.69) is 20.9 Å². The van der Waals surface area contributed by atoms with Gasteiger partial charge in [0, 0.05) is 0 Å². The zero-order valence-corrected chi connectivity index (χ0v) is 7.71. The first-order valence-corrected chi connectivity index (χ1v) is 4.04. The molecule has 1 N–H and O–H groups in total. The van der Waals surface area contributed by atoms with Crippen LogP contribution in [-0.4, -0.2) is 11.2 Å². The van der Waals surface area contributed by atoms with E-state index in [1.165, 1.54) is 6.08 Å². The molecule has 0 bridgehead atoms. The number of benzene rings is 1. The van der Waals surface area contributed by atoms with Gasteiger partial charge < -0.3 is 5.11 Å². The van der Waals surface area contributed by atoms with Crippen molar-refractivity contribution < 1.29 is 9.90 Å². The number of carbonyl (C=O) groups excluding carboxylic acids is 1. The zero-order valence-electron chi connectivity index (χ0n) is 6.12. The van der Waals surface area contributed by atoms with Crippen LogP contribution >= 0.6 is 15.9 Å². The Labute approximate surface area is 77.9 Å². The predicted molar refractivity (Wildman–Crippen MR) is 47.6 cm³/mol. The molecule has 4 heteroatoms. The van der Waals surface area contributed by atoms with Crippen molar-refractivity contribution in [1.82, 2.24) is 0 Å². The van der Waals surface area contributed by atoms with Gasteiger partial charge in [0.1, 0.15) is 5.75 Å². The molecule has 0 fully saturated rings. The average Bonchev–Trinajstić information content (AvgIpc) is 2.07. The Morgan fingerprint density at radius 1 is 1.58 bits per heavy atom. The van der Waals surface area contributed by atoms with Gasteiger partial charge in [0.2, 0.25) is 6.08 Å². The van der Waals surface area contributed by atoms with Crippen LogP contribution in [0.3, 0.4) is 0 Å². The Hall–Kier alpha value is -1.12. The summed E-state index contributed by atoms with van der Waals surface area (Å²) in [5.41, 5.74) is 0.850. The summed E-state index contributed by atoms with van der Waals surface area (Å²) >= 11 is 3.15. The molecule has 62 valence electrons. The molecule has 0 amide bonds. The predicted octanol–water partition coefficient (Wildman–Crippen LogP) is 1.99. The molecule has 0 radical (unpaired) electrons. The topological polar surface area (TPSA) is 49.7 Å². The van der Waals surface area contributed by atoms with Crippen LogP contribution in [0.15, 0.2) is 27.7 Å². The number of isocyanates is 1. The van der Waals surface area contributed by atoms with Crippen LogP contribution in [0.25, 0.3) is 0 Å². The SMILES string of the molecule is O=C=NCc1ccc(O)c(Br)c1. The highest BCUT2D eigenvalue weighted by Gasteiger charge is 1.97. The summed E-state index contributed by atoms with van der Waals surface area (Å²) < 4.78 is 0.598. The summed E-state index contributed by atoms with van der Waals surface area (Å²) in [6, 6.07) is 4.94. The maximum Gasteiger partial charge on any atom is 0.235 e. The molecule has 0 unspecified atom stereocenters. The number of hydrogen-bond acceptors (Lipinski definition) is 3. The number of nitrogens with zero attached hydrogens (tertiary/aromatic N) is 1. The van der Waals surface area contributed by atoms with Crippen molar-refractivity contribution in [2.24, 2.45) is 4.99 Å². The third-order valence-electron chi connectivity index (χ3n) is 1.34. The minimum absolute atomic E-state index is 0.175. The van der Waals surface area contributed by atoms with Crippen molar-refractivity contribution in [3.63, 3.8) is 0 Å². The monoisotopic (exact) mass is 227 g/mol. The average molecular weight is 228 g/mol. The summed E-state index contributed by atoms with van der Waals surface area (Å²) in [7, 11) is 0. The maximum absolute atomic E-state index is 9.78. The fourth-order valence-corrected chi connectivity index (χ4v) is 1.20. The fourth-order valence-electron chi connectivity index (χ4n) is 0.772. The van der Waals surface area contributed by atoms with Crippen LogP contribution in [0.1, 0.15) is 5.56 Å². The number of phenolic OH excluding ortho intramolecular Hbond substituents is 1. The first-order valence-electron chi connectivity index (χ1n) is 3.25. The Balaban J connectivity index is 2.89. The first kappa shape index (κ1) is 8.97. The Bertz CT molecular complexity index is 332. The van der Waals surface area contributed by atoms with Gasteiger partial charge in [-0.2, -0.15) is 0 Å². The molecule has 0 aliphatic carbocycles. The summed E-state index contributed by atoms with van der Waals surface area (Å²) in [4.78, 5) is 13.2. The van der Waals surface area contributed by atoms with E-state index in [4.69, 9.17) is 5.11 Å². The molecule has 1 rings (SSSR count). The van der Waals surface area contributed by atoms with Crippen LogP contribution in [0, 0.1) is 0 Å². The van der Waals surface area contributed by atoms with Crippen molar-refractivity contribution in [3.8, 4) is 5.75 Å². The standard InChI is InChI=1S/C8H6BrNO2/c9-7-3-6(4-10-5-11)1-2-8(7)12/h1-3,12H,4H2. The number of phenols is 1. The van der Waals surface area contributed by atoms with Gasteiger partial charge in [0.05, 0.1) is 11.0 Å². The normalized spacial score (nSPS) is 9.08. The third-order valence-corrected chi connectivity index (χ3v) is 1.97. The van der Waals surface area contributed by atoms with Crippen molar-refractivity contribution in [3.05, 3.63) is 28.2 Å².